The fraction of sp³-hybridized carbons (Fsp3) is 0.407. The zero-order chi connectivity index (χ0) is 31.3. The summed E-state index contributed by atoms with van der Waals surface area (Å²) in [5, 5.41) is 4.26. The van der Waals surface area contributed by atoms with Gasteiger partial charge >= 0.3 is 6.18 Å². The molecular formula is C27H31F6N3O4S. The minimum atomic E-state index is -4.73. The SMILES string of the molecule is CC.CC.C[C@H](Oc1ccc(S(C)(=O)=O)cc1C(=O)N1Cc2cn(-c3ccc(F)c(C(F)F)c3)nc2C1)C(F)(F)F. The van der Waals surface area contributed by atoms with E-state index in [1.807, 2.05) is 27.7 Å². The molecule has 1 aliphatic rings. The van der Waals surface area contributed by atoms with Crippen molar-refractivity contribution in [1.29, 1.82) is 0 Å². The van der Waals surface area contributed by atoms with E-state index in [1.54, 1.807) is 0 Å². The van der Waals surface area contributed by atoms with Crippen molar-refractivity contribution in [3.8, 4) is 11.4 Å². The second-order valence-electron chi connectivity index (χ2n) is 8.45. The van der Waals surface area contributed by atoms with Crippen LogP contribution in [0.3, 0.4) is 0 Å². The average Bonchev–Trinajstić information content (AvgIpc) is 3.49. The van der Waals surface area contributed by atoms with Gasteiger partial charge in [-0.15, -0.1) is 0 Å². The lowest BCUT2D eigenvalue weighted by molar-refractivity contribution is -0.189. The molecule has 7 nitrogen and oxygen atoms in total. The first-order valence-corrected chi connectivity index (χ1v) is 14.6. The van der Waals surface area contributed by atoms with Crippen LogP contribution in [0.5, 0.6) is 5.75 Å². The van der Waals surface area contributed by atoms with E-state index in [2.05, 4.69) is 5.10 Å². The highest BCUT2D eigenvalue weighted by atomic mass is 32.2. The Kier molecular flexibility index (Phi) is 11.0. The number of ether oxygens (including phenoxy) is 1. The summed E-state index contributed by atoms with van der Waals surface area (Å²) in [7, 11) is -3.79. The van der Waals surface area contributed by atoms with Gasteiger partial charge in [-0.25, -0.2) is 26.3 Å². The lowest BCUT2D eigenvalue weighted by Crippen LogP contribution is -2.33. The molecule has 0 N–H and O–H groups in total. The molecule has 0 unspecified atom stereocenters. The number of halogens is 6. The van der Waals surface area contributed by atoms with Crippen LogP contribution in [0.2, 0.25) is 0 Å². The molecular weight excluding hydrogens is 576 g/mol. The van der Waals surface area contributed by atoms with Crippen molar-refractivity contribution in [1.82, 2.24) is 14.7 Å². The number of hydrogen-bond donors (Lipinski definition) is 0. The summed E-state index contributed by atoms with van der Waals surface area (Å²) in [4.78, 5) is 14.2. The van der Waals surface area contributed by atoms with Crippen LogP contribution in [0.4, 0.5) is 26.3 Å². The third-order valence-electron chi connectivity index (χ3n) is 5.72. The summed E-state index contributed by atoms with van der Waals surface area (Å²) in [5.41, 5.74) is -0.113. The van der Waals surface area contributed by atoms with E-state index in [4.69, 9.17) is 4.74 Å². The molecule has 4 rings (SSSR count). The zero-order valence-corrected chi connectivity index (χ0v) is 24.1. The van der Waals surface area contributed by atoms with Crippen LogP contribution < -0.4 is 4.74 Å². The quantitative estimate of drug-likeness (QED) is 0.285. The second kappa shape index (κ2) is 13.4. The van der Waals surface area contributed by atoms with Gasteiger partial charge in [-0.2, -0.15) is 18.3 Å². The van der Waals surface area contributed by atoms with Crippen molar-refractivity contribution in [2.75, 3.05) is 6.26 Å². The first kappa shape index (κ1) is 33.7. The fourth-order valence-corrected chi connectivity index (χ4v) is 4.35. The van der Waals surface area contributed by atoms with Gasteiger partial charge in [0.2, 0.25) is 0 Å². The predicted octanol–water partition coefficient (Wildman–Crippen LogP) is 6.89. The van der Waals surface area contributed by atoms with Gasteiger partial charge in [-0.1, -0.05) is 27.7 Å². The molecule has 0 aliphatic carbocycles. The van der Waals surface area contributed by atoms with Crippen LogP contribution in [-0.2, 0) is 22.9 Å². The lowest BCUT2D eigenvalue weighted by Gasteiger charge is -2.22. The van der Waals surface area contributed by atoms with Crippen LogP contribution in [0.1, 0.15) is 68.2 Å². The minimum absolute atomic E-state index is 0.0472. The molecule has 0 radical (unpaired) electrons. The number of nitrogens with zero attached hydrogens (tertiary/aromatic N) is 3. The summed E-state index contributed by atoms with van der Waals surface area (Å²) in [5.74, 6) is -2.30. The largest absolute Gasteiger partial charge is 0.480 e. The smallest absolute Gasteiger partial charge is 0.425 e. The molecule has 1 atom stereocenters. The summed E-state index contributed by atoms with van der Waals surface area (Å²) < 4.78 is 109. The number of rotatable bonds is 6. The maximum Gasteiger partial charge on any atom is 0.425 e. The number of amides is 1. The molecule has 0 bridgehead atoms. The van der Waals surface area contributed by atoms with Crippen LogP contribution in [0, 0.1) is 5.82 Å². The molecule has 1 aliphatic heterocycles. The van der Waals surface area contributed by atoms with Gasteiger partial charge in [0, 0.05) is 24.6 Å². The van der Waals surface area contributed by atoms with Gasteiger partial charge in [0.15, 0.2) is 15.9 Å². The maximum atomic E-state index is 13.6. The molecule has 2 heterocycles. The van der Waals surface area contributed by atoms with Gasteiger partial charge < -0.3 is 9.64 Å². The number of hydrogen-bond acceptors (Lipinski definition) is 5. The summed E-state index contributed by atoms with van der Waals surface area (Å²) in [6.45, 7) is 8.61. The summed E-state index contributed by atoms with van der Waals surface area (Å²) in [6, 6.07) is 6.09. The standard InChI is InChI=1S/C23H19F6N3O4S.2C2H6/c1-12(23(27,28)29)36-20-6-4-15(37(2,34)35)8-17(20)22(33)31-9-13-10-32(30-19(13)11-31)14-3-5-18(24)16(7-14)21(25)26;2*1-2/h3-8,10,12,21H,9,11H2,1-2H3;2*1-2H3/t12-;;/m0../s1. The van der Waals surface area contributed by atoms with Crippen molar-refractivity contribution in [2.45, 2.75) is 71.3 Å². The first-order chi connectivity index (χ1) is 19.1. The number of alkyl halides is 5. The van der Waals surface area contributed by atoms with E-state index in [-0.39, 0.29) is 29.2 Å². The van der Waals surface area contributed by atoms with Crippen molar-refractivity contribution in [2.24, 2.45) is 0 Å². The van der Waals surface area contributed by atoms with Gasteiger partial charge in [0.25, 0.3) is 12.3 Å². The molecule has 2 aromatic carbocycles. The topological polar surface area (TPSA) is 81.5 Å². The van der Waals surface area contributed by atoms with E-state index in [9.17, 15) is 39.6 Å². The number of carbonyl (C=O) groups excluding carboxylic acids is 1. The molecule has 41 heavy (non-hydrogen) atoms. The van der Waals surface area contributed by atoms with Gasteiger partial charge in [0.1, 0.15) is 11.6 Å². The highest BCUT2D eigenvalue weighted by Gasteiger charge is 2.39. The summed E-state index contributed by atoms with van der Waals surface area (Å²) >= 11 is 0. The van der Waals surface area contributed by atoms with Gasteiger partial charge in [-0.05, 0) is 43.3 Å². The normalized spacial score (nSPS) is 13.5. The molecule has 0 spiro atoms. The highest BCUT2D eigenvalue weighted by molar-refractivity contribution is 7.90. The predicted molar refractivity (Wildman–Crippen MR) is 140 cm³/mol. The Balaban J connectivity index is 0.00000141. The Bertz CT molecular complexity index is 1450. The average molecular weight is 608 g/mol. The molecule has 0 fully saturated rings. The molecule has 3 aromatic rings. The van der Waals surface area contributed by atoms with E-state index in [1.165, 1.54) is 21.8 Å². The number of carbonyl (C=O) groups is 1. The molecule has 0 saturated carbocycles. The van der Waals surface area contributed by atoms with Gasteiger partial charge in [-0.3, -0.25) is 4.79 Å². The van der Waals surface area contributed by atoms with Crippen molar-refractivity contribution in [3.63, 3.8) is 0 Å². The molecule has 226 valence electrons. The fourth-order valence-electron chi connectivity index (χ4n) is 3.71. The van der Waals surface area contributed by atoms with Crippen LogP contribution in [-0.4, -0.2) is 47.5 Å². The molecule has 1 amide bonds. The Labute approximate surface area is 234 Å². The molecule has 14 heteroatoms. The van der Waals surface area contributed by atoms with Crippen LogP contribution >= 0.6 is 0 Å². The van der Waals surface area contributed by atoms with Gasteiger partial charge in [0.05, 0.1) is 33.9 Å². The Morgan fingerprint density at radius 2 is 1.66 bits per heavy atom. The number of fused-ring (bicyclic) bond motifs is 1. The number of sulfone groups is 1. The first-order valence-electron chi connectivity index (χ1n) is 12.7. The van der Waals surface area contributed by atoms with E-state index < -0.39 is 51.6 Å². The Hall–Kier alpha value is -3.55. The van der Waals surface area contributed by atoms with E-state index >= 15 is 0 Å². The molecule has 1 aromatic heterocycles. The molecule has 0 saturated heterocycles. The van der Waals surface area contributed by atoms with Crippen molar-refractivity contribution < 1.29 is 44.3 Å². The van der Waals surface area contributed by atoms with E-state index in [0.717, 1.165) is 43.5 Å². The van der Waals surface area contributed by atoms with Crippen molar-refractivity contribution in [3.05, 3.63) is 70.8 Å². The summed E-state index contributed by atoms with van der Waals surface area (Å²) in [6.07, 6.45) is -7.68. The third kappa shape index (κ3) is 7.80. The third-order valence-corrected chi connectivity index (χ3v) is 6.83. The minimum Gasteiger partial charge on any atom is -0.480 e. The maximum absolute atomic E-state index is 13.6. The van der Waals surface area contributed by atoms with Crippen molar-refractivity contribution >= 4 is 15.7 Å². The van der Waals surface area contributed by atoms with Crippen LogP contribution in [0.15, 0.2) is 47.5 Å². The number of aromatic nitrogens is 2. The lowest BCUT2D eigenvalue weighted by atomic mass is 10.1. The van der Waals surface area contributed by atoms with Crippen LogP contribution in [0.25, 0.3) is 5.69 Å². The monoisotopic (exact) mass is 607 g/mol. The Morgan fingerprint density at radius 1 is 1.02 bits per heavy atom. The number of benzene rings is 2. The Morgan fingerprint density at radius 3 is 2.20 bits per heavy atom. The second-order valence-corrected chi connectivity index (χ2v) is 10.5. The highest BCUT2D eigenvalue weighted by Crippen LogP contribution is 2.32. The zero-order valence-electron chi connectivity index (χ0n) is 23.3. The van der Waals surface area contributed by atoms with E-state index in [0.29, 0.717) is 11.3 Å².